The van der Waals surface area contributed by atoms with Gasteiger partial charge in [-0.3, -0.25) is 9.42 Å². The van der Waals surface area contributed by atoms with Crippen LogP contribution in [0.25, 0.3) is 0 Å². The van der Waals surface area contributed by atoms with Gasteiger partial charge in [0.15, 0.2) is 0 Å². The summed E-state index contributed by atoms with van der Waals surface area (Å²) in [7, 11) is -8.36. The van der Waals surface area contributed by atoms with Crippen LogP contribution in [0, 0.1) is 0 Å². The summed E-state index contributed by atoms with van der Waals surface area (Å²) in [5, 5.41) is 0. The number of unbranched alkanes of at least 4 members (excludes halogenated alkanes) is 5. The second-order valence-corrected chi connectivity index (χ2v) is 8.91. The van der Waals surface area contributed by atoms with Crippen LogP contribution in [0.2, 0.25) is 0 Å². The maximum absolute atomic E-state index is 11.7. The Morgan fingerprint density at radius 3 is 1.57 bits per heavy atom. The largest absolute Gasteiger partial charge is 0.584 e. The maximum Gasteiger partial charge on any atom is 0.584 e. The van der Waals surface area contributed by atoms with Gasteiger partial charge >= 0.3 is 15.6 Å². The van der Waals surface area contributed by atoms with Crippen molar-refractivity contribution in [2.75, 3.05) is 6.61 Å². The molecular weight excluding hydrogens is 430 g/mol. The molecule has 0 amide bonds. The molecule has 0 atom stereocenters. The molecule has 0 heterocycles. The fourth-order valence-corrected chi connectivity index (χ4v) is 3.49. The van der Waals surface area contributed by atoms with Crippen LogP contribution >= 0.6 is 15.6 Å². The molecule has 0 unspecified atom stereocenters. The minimum atomic E-state index is -4.23. The molecule has 168 valence electrons. The maximum atomic E-state index is 11.7. The summed E-state index contributed by atoms with van der Waals surface area (Å²) < 4.78 is 36.0. The van der Waals surface area contributed by atoms with Crippen LogP contribution in [0.1, 0.15) is 45.4 Å². The highest BCUT2D eigenvalue weighted by molar-refractivity contribution is 7.48. The number of benzene rings is 2. The molecule has 0 saturated carbocycles. The summed E-state index contributed by atoms with van der Waals surface area (Å²) >= 11 is 0. The van der Waals surface area contributed by atoms with Gasteiger partial charge in [-0.1, -0.05) is 75.4 Å². The standard InChI is InChI=1S/C12H11O4P.C8H19O4P/c13-17(14,15-11-7-3-1-4-8-11)16-12-9-5-2-6-10-12;1-2-3-4-5-6-7-8-12-13(9,10)11/h1-10H,(H,13,14);2-8H2,1H3,(H2,9,10,11). The Hall–Kier alpha value is -1.66. The van der Waals surface area contributed by atoms with Crippen molar-refractivity contribution in [1.82, 2.24) is 0 Å². The number of phosphoric ester groups is 2. The monoisotopic (exact) mass is 460 g/mol. The fraction of sp³-hybridized carbons (Fsp3) is 0.400. The Balaban J connectivity index is 0.000000314. The quantitative estimate of drug-likeness (QED) is 0.272. The first kappa shape index (κ1) is 26.4. The van der Waals surface area contributed by atoms with Crippen LogP contribution in [-0.2, 0) is 13.7 Å². The van der Waals surface area contributed by atoms with Crippen molar-refractivity contribution >= 4 is 15.6 Å². The van der Waals surface area contributed by atoms with Gasteiger partial charge in [0.05, 0.1) is 6.61 Å². The molecule has 0 aliphatic rings. The van der Waals surface area contributed by atoms with Gasteiger partial charge in [0.1, 0.15) is 11.5 Å². The van der Waals surface area contributed by atoms with Crippen LogP contribution in [0.15, 0.2) is 60.7 Å². The van der Waals surface area contributed by atoms with Gasteiger partial charge < -0.3 is 18.8 Å². The number of hydrogen-bond acceptors (Lipinski definition) is 5. The van der Waals surface area contributed by atoms with Gasteiger partial charge in [0.25, 0.3) is 0 Å². The lowest BCUT2D eigenvalue weighted by Gasteiger charge is -2.13. The summed E-state index contributed by atoms with van der Waals surface area (Å²) in [4.78, 5) is 26.2. The van der Waals surface area contributed by atoms with E-state index in [1.54, 1.807) is 60.7 Å². The topological polar surface area (TPSA) is 123 Å². The van der Waals surface area contributed by atoms with Gasteiger partial charge in [0, 0.05) is 0 Å². The first-order valence-corrected chi connectivity index (χ1v) is 12.8. The Morgan fingerprint density at radius 2 is 1.13 bits per heavy atom. The number of rotatable bonds is 12. The zero-order valence-electron chi connectivity index (χ0n) is 17.0. The molecule has 0 spiro atoms. The highest BCUT2D eigenvalue weighted by Gasteiger charge is 2.24. The van der Waals surface area contributed by atoms with Gasteiger partial charge in [-0.05, 0) is 30.7 Å². The van der Waals surface area contributed by atoms with Crippen molar-refractivity contribution in [3.8, 4) is 11.5 Å². The highest BCUT2D eigenvalue weighted by Crippen LogP contribution is 2.44. The van der Waals surface area contributed by atoms with Crippen molar-refractivity contribution in [3.63, 3.8) is 0 Å². The molecule has 3 N–H and O–H groups in total. The number of hydrogen-bond donors (Lipinski definition) is 3. The van der Waals surface area contributed by atoms with Gasteiger partial charge in [0.2, 0.25) is 0 Å². The summed E-state index contributed by atoms with van der Waals surface area (Å²) in [6.07, 6.45) is 6.48. The van der Waals surface area contributed by atoms with E-state index < -0.39 is 15.6 Å². The predicted octanol–water partition coefficient (Wildman–Crippen LogP) is 5.70. The Morgan fingerprint density at radius 1 is 0.700 bits per heavy atom. The second kappa shape index (κ2) is 14.4. The second-order valence-electron chi connectivity index (χ2n) is 6.37. The van der Waals surface area contributed by atoms with Crippen molar-refractivity contribution in [3.05, 3.63) is 60.7 Å². The molecule has 30 heavy (non-hydrogen) atoms. The van der Waals surface area contributed by atoms with E-state index in [0.29, 0.717) is 0 Å². The molecule has 0 radical (unpaired) electrons. The Bertz CT molecular complexity index is 734. The average molecular weight is 460 g/mol. The number of phosphoric acid groups is 2. The molecule has 0 saturated heterocycles. The van der Waals surface area contributed by atoms with E-state index in [2.05, 4.69) is 11.4 Å². The van der Waals surface area contributed by atoms with Crippen LogP contribution in [0.3, 0.4) is 0 Å². The van der Waals surface area contributed by atoms with Crippen molar-refractivity contribution in [1.29, 1.82) is 0 Å². The van der Waals surface area contributed by atoms with Crippen LogP contribution in [0.5, 0.6) is 11.5 Å². The highest BCUT2D eigenvalue weighted by atomic mass is 31.2. The zero-order chi connectivity index (χ0) is 22.3. The van der Waals surface area contributed by atoms with E-state index in [-0.39, 0.29) is 18.1 Å². The predicted molar refractivity (Wildman–Crippen MR) is 115 cm³/mol. The third kappa shape index (κ3) is 14.3. The van der Waals surface area contributed by atoms with Gasteiger partial charge in [-0.25, -0.2) is 9.13 Å². The molecule has 10 heteroatoms. The summed E-state index contributed by atoms with van der Waals surface area (Å²) in [5.74, 6) is 0.573. The molecule has 0 bridgehead atoms. The third-order valence-electron chi connectivity index (χ3n) is 3.69. The SMILES string of the molecule is CCCCCCCCOP(=O)(O)O.O=P(O)(Oc1ccccc1)Oc1ccccc1. The minimum absolute atomic E-state index is 0.163. The molecule has 2 aromatic rings. The van der Waals surface area contributed by atoms with E-state index in [4.69, 9.17) is 18.8 Å². The lowest BCUT2D eigenvalue weighted by Crippen LogP contribution is -1.99. The molecule has 0 aliphatic heterocycles. The normalized spacial score (nSPS) is 11.3. The fourth-order valence-electron chi connectivity index (χ4n) is 2.31. The first-order chi connectivity index (χ1) is 14.2. The van der Waals surface area contributed by atoms with E-state index in [0.717, 1.165) is 19.3 Å². The molecule has 8 nitrogen and oxygen atoms in total. The molecule has 0 aliphatic carbocycles. The molecule has 0 fully saturated rings. The van der Waals surface area contributed by atoms with Crippen molar-refractivity contribution in [2.24, 2.45) is 0 Å². The lowest BCUT2D eigenvalue weighted by molar-refractivity contribution is 0.193. The van der Waals surface area contributed by atoms with Crippen molar-refractivity contribution < 1.29 is 37.4 Å². The van der Waals surface area contributed by atoms with E-state index >= 15 is 0 Å². The Kier molecular flexibility index (Phi) is 12.6. The third-order valence-corrected chi connectivity index (χ3v) is 5.09. The van der Waals surface area contributed by atoms with E-state index in [1.165, 1.54) is 19.3 Å². The summed E-state index contributed by atoms with van der Waals surface area (Å²) in [6.45, 7) is 2.31. The average Bonchev–Trinajstić information content (AvgIpc) is 2.68. The number of para-hydroxylation sites is 2. The molecular formula is C20H30O8P2. The molecule has 0 aromatic heterocycles. The molecule has 2 rings (SSSR count). The molecule has 2 aromatic carbocycles. The van der Waals surface area contributed by atoms with Crippen molar-refractivity contribution in [2.45, 2.75) is 45.4 Å². The minimum Gasteiger partial charge on any atom is -0.395 e. The van der Waals surface area contributed by atoms with E-state index in [9.17, 15) is 14.0 Å². The summed E-state index contributed by atoms with van der Waals surface area (Å²) in [6, 6.07) is 16.7. The van der Waals surface area contributed by atoms with Crippen LogP contribution < -0.4 is 9.05 Å². The van der Waals surface area contributed by atoms with Gasteiger partial charge in [-0.15, -0.1) is 0 Å². The van der Waals surface area contributed by atoms with E-state index in [1.807, 2.05) is 0 Å². The lowest BCUT2D eigenvalue weighted by atomic mass is 10.1. The first-order valence-electron chi connectivity index (χ1n) is 9.74. The summed E-state index contributed by atoms with van der Waals surface area (Å²) in [5.41, 5.74) is 0. The van der Waals surface area contributed by atoms with Crippen LogP contribution in [-0.4, -0.2) is 21.3 Å². The zero-order valence-corrected chi connectivity index (χ0v) is 18.8. The van der Waals surface area contributed by atoms with Gasteiger partial charge in [-0.2, -0.15) is 0 Å². The van der Waals surface area contributed by atoms with Crippen LogP contribution in [0.4, 0.5) is 0 Å². The smallest absolute Gasteiger partial charge is 0.395 e. The Labute approximate surface area is 177 Å².